The number of sulfonamides is 1. The highest BCUT2D eigenvalue weighted by Crippen LogP contribution is 2.24. The van der Waals surface area contributed by atoms with Crippen LogP contribution in [0.4, 0.5) is 10.1 Å². The summed E-state index contributed by atoms with van der Waals surface area (Å²) in [5.41, 5.74) is 3.64. The van der Waals surface area contributed by atoms with Crippen molar-refractivity contribution in [1.29, 1.82) is 0 Å². The van der Waals surface area contributed by atoms with Crippen LogP contribution in [-0.2, 0) is 16.4 Å². The van der Waals surface area contributed by atoms with Crippen LogP contribution in [0.1, 0.15) is 41.7 Å². The van der Waals surface area contributed by atoms with Gasteiger partial charge in [-0.25, -0.2) is 12.8 Å². The highest BCUT2D eigenvalue weighted by atomic mass is 32.2. The number of H-pyrrole nitrogens is 1. The third-order valence-electron chi connectivity index (χ3n) is 6.04. The predicted molar refractivity (Wildman–Crippen MR) is 131 cm³/mol. The van der Waals surface area contributed by atoms with Gasteiger partial charge >= 0.3 is 0 Å². The first-order chi connectivity index (χ1) is 16.3. The number of carbonyl (C=O) groups excluding carboxylic acids is 1. The van der Waals surface area contributed by atoms with E-state index >= 15 is 0 Å². The summed E-state index contributed by atoms with van der Waals surface area (Å²) >= 11 is 0. The molecule has 7 nitrogen and oxygen atoms in total. The van der Waals surface area contributed by atoms with Crippen molar-refractivity contribution < 1.29 is 17.6 Å². The quantitative estimate of drug-likeness (QED) is 0.460. The van der Waals surface area contributed by atoms with Gasteiger partial charge in [0.25, 0.3) is 5.91 Å². The molecule has 3 aromatic rings. The largest absolute Gasteiger partial charge is 0.342 e. The van der Waals surface area contributed by atoms with Crippen LogP contribution in [0, 0.1) is 5.82 Å². The number of aryl methyl sites for hydroxylation is 1. The third-order valence-corrected chi connectivity index (χ3v) is 7.91. The van der Waals surface area contributed by atoms with Crippen LogP contribution in [0.2, 0.25) is 0 Å². The molecule has 9 heteroatoms. The van der Waals surface area contributed by atoms with Gasteiger partial charge in [0.2, 0.25) is 10.0 Å². The molecular formula is C25H29FN4O3S. The molecule has 0 aliphatic carbocycles. The molecule has 1 aliphatic rings. The Morgan fingerprint density at radius 3 is 2.62 bits per heavy atom. The fraction of sp³-hybridized carbons (Fsp3) is 0.360. The first kappa shape index (κ1) is 23.9. The molecule has 180 valence electrons. The van der Waals surface area contributed by atoms with E-state index in [9.17, 15) is 17.6 Å². The molecule has 0 saturated carbocycles. The summed E-state index contributed by atoms with van der Waals surface area (Å²) < 4.78 is 38.9. The lowest BCUT2D eigenvalue weighted by Gasteiger charge is -2.19. The van der Waals surface area contributed by atoms with Gasteiger partial charge in [0.15, 0.2) is 0 Å². The van der Waals surface area contributed by atoms with Crippen molar-refractivity contribution >= 4 is 21.6 Å². The lowest BCUT2D eigenvalue weighted by atomic mass is 10.1. The van der Waals surface area contributed by atoms with Gasteiger partial charge in [0.05, 0.1) is 17.1 Å². The number of carbonyl (C=O) groups is 1. The molecule has 1 fully saturated rings. The predicted octanol–water partition coefficient (Wildman–Crippen LogP) is 4.24. The number of rotatable bonds is 9. The molecule has 1 aliphatic heterocycles. The van der Waals surface area contributed by atoms with Crippen molar-refractivity contribution in [3.05, 3.63) is 71.7 Å². The summed E-state index contributed by atoms with van der Waals surface area (Å²) in [7, 11) is -1.45. The van der Waals surface area contributed by atoms with Gasteiger partial charge in [-0.2, -0.15) is 5.10 Å². The summed E-state index contributed by atoms with van der Waals surface area (Å²) in [5, 5.41) is 7.28. The second-order valence-corrected chi connectivity index (χ2v) is 10.6. The minimum atomic E-state index is -3.23. The van der Waals surface area contributed by atoms with Crippen LogP contribution in [0.3, 0.4) is 0 Å². The van der Waals surface area contributed by atoms with Crippen molar-refractivity contribution in [2.45, 2.75) is 32.1 Å². The van der Waals surface area contributed by atoms with Crippen LogP contribution in [0.5, 0.6) is 0 Å². The number of nitrogens with one attached hydrogen (secondary N) is 1. The molecule has 0 spiro atoms. The van der Waals surface area contributed by atoms with Gasteiger partial charge < -0.3 is 4.90 Å². The summed E-state index contributed by atoms with van der Waals surface area (Å²) in [4.78, 5) is 14.4. The third kappa shape index (κ3) is 5.64. The summed E-state index contributed by atoms with van der Waals surface area (Å²) in [5.74, 6) is -0.189. The Bertz CT molecular complexity index is 1240. The molecule has 4 rings (SSSR count). The molecule has 0 bridgehead atoms. The van der Waals surface area contributed by atoms with Crippen LogP contribution in [0.15, 0.2) is 54.6 Å². The molecule has 1 saturated heterocycles. The van der Waals surface area contributed by atoms with E-state index in [-0.39, 0.29) is 17.5 Å². The summed E-state index contributed by atoms with van der Waals surface area (Å²) in [6.07, 6.45) is 4.24. The van der Waals surface area contributed by atoms with Gasteiger partial charge in [-0.05, 0) is 68.1 Å². The summed E-state index contributed by atoms with van der Waals surface area (Å²) in [6, 6.07) is 15.1. The smallest absolute Gasteiger partial charge is 0.253 e. The fourth-order valence-electron chi connectivity index (χ4n) is 4.15. The van der Waals surface area contributed by atoms with E-state index in [0.29, 0.717) is 30.8 Å². The number of aromatic nitrogens is 2. The Hall–Kier alpha value is -3.20. The van der Waals surface area contributed by atoms with Gasteiger partial charge in [-0.1, -0.05) is 18.6 Å². The number of aromatic amines is 1. The second kappa shape index (κ2) is 10.4. The maximum atomic E-state index is 13.4. The van der Waals surface area contributed by atoms with Crippen molar-refractivity contribution in [2.75, 3.05) is 30.2 Å². The molecular weight excluding hydrogens is 455 g/mol. The molecule has 1 amide bonds. The van der Waals surface area contributed by atoms with E-state index < -0.39 is 10.0 Å². The van der Waals surface area contributed by atoms with E-state index in [1.54, 1.807) is 42.3 Å². The Balaban J connectivity index is 1.21. The van der Waals surface area contributed by atoms with Crippen LogP contribution >= 0.6 is 0 Å². The molecule has 0 atom stereocenters. The number of anilines is 1. The Morgan fingerprint density at radius 1 is 1.12 bits per heavy atom. The van der Waals surface area contributed by atoms with Crippen LogP contribution < -0.4 is 4.31 Å². The van der Waals surface area contributed by atoms with Crippen molar-refractivity contribution in [3.8, 4) is 11.3 Å². The maximum absolute atomic E-state index is 13.4. The number of hydrogen-bond donors (Lipinski definition) is 1. The molecule has 1 N–H and O–H groups in total. The first-order valence-electron chi connectivity index (χ1n) is 11.5. The van der Waals surface area contributed by atoms with E-state index in [2.05, 4.69) is 10.2 Å². The topological polar surface area (TPSA) is 86.4 Å². The molecule has 34 heavy (non-hydrogen) atoms. The minimum Gasteiger partial charge on any atom is -0.342 e. The van der Waals surface area contributed by atoms with E-state index in [4.69, 9.17) is 0 Å². The second-order valence-electron chi connectivity index (χ2n) is 8.61. The number of amides is 1. The monoisotopic (exact) mass is 484 g/mol. The zero-order valence-electron chi connectivity index (χ0n) is 19.2. The Kier molecular flexibility index (Phi) is 7.31. The van der Waals surface area contributed by atoms with Gasteiger partial charge in [-0.15, -0.1) is 0 Å². The SMILES string of the molecule is CN(CCCCCc1cc(-c2cccc(F)c2)n[nH]1)C(=O)c1ccc(N2CCCS2(=O)=O)cc1. The minimum absolute atomic E-state index is 0.0795. The average molecular weight is 485 g/mol. The van der Waals surface area contributed by atoms with Gasteiger partial charge in [0, 0.05) is 37.0 Å². The number of halogens is 1. The highest BCUT2D eigenvalue weighted by molar-refractivity contribution is 7.93. The Labute approximate surface area is 199 Å². The number of nitrogens with zero attached hydrogens (tertiary/aromatic N) is 3. The maximum Gasteiger partial charge on any atom is 0.253 e. The zero-order valence-corrected chi connectivity index (χ0v) is 20.0. The number of benzene rings is 2. The van der Waals surface area contributed by atoms with E-state index in [1.807, 2.05) is 12.1 Å². The van der Waals surface area contributed by atoms with Crippen LogP contribution in [-0.4, -0.2) is 55.3 Å². The number of unbranched alkanes of at least 4 members (excludes halogenated alkanes) is 2. The lowest BCUT2D eigenvalue weighted by Crippen LogP contribution is -2.28. The zero-order chi connectivity index (χ0) is 24.1. The molecule has 1 aromatic heterocycles. The molecule has 0 radical (unpaired) electrons. The van der Waals surface area contributed by atoms with Crippen molar-refractivity contribution in [3.63, 3.8) is 0 Å². The normalized spacial score (nSPS) is 14.9. The molecule has 2 aromatic carbocycles. The summed E-state index contributed by atoms with van der Waals surface area (Å²) in [6.45, 7) is 1.12. The van der Waals surface area contributed by atoms with E-state index in [0.717, 1.165) is 42.6 Å². The van der Waals surface area contributed by atoms with Crippen molar-refractivity contribution in [1.82, 2.24) is 15.1 Å². The first-order valence-corrected chi connectivity index (χ1v) is 13.1. The van der Waals surface area contributed by atoms with Crippen LogP contribution in [0.25, 0.3) is 11.3 Å². The Morgan fingerprint density at radius 2 is 1.91 bits per heavy atom. The van der Waals surface area contributed by atoms with Crippen molar-refractivity contribution in [2.24, 2.45) is 0 Å². The van der Waals surface area contributed by atoms with Gasteiger partial charge in [0.1, 0.15) is 5.82 Å². The van der Waals surface area contributed by atoms with E-state index in [1.165, 1.54) is 16.4 Å². The highest BCUT2D eigenvalue weighted by Gasteiger charge is 2.28. The van der Waals surface area contributed by atoms with Gasteiger partial charge in [-0.3, -0.25) is 14.2 Å². The lowest BCUT2D eigenvalue weighted by molar-refractivity contribution is 0.0792. The average Bonchev–Trinajstić information content (AvgIpc) is 3.44. The molecule has 0 unspecified atom stereocenters. The number of hydrogen-bond acceptors (Lipinski definition) is 4. The standard InChI is InChI=1S/C25H29FN4O3S/c1-29(25(31)19-10-12-23(13-11-19)30-15-6-16-34(30,32)33)14-4-2-3-9-22-18-24(28-27-22)20-7-5-8-21(26)17-20/h5,7-8,10-13,17-18H,2-4,6,9,14-16H2,1H3,(H,27,28). The fourth-order valence-corrected chi connectivity index (χ4v) is 5.71. The molecule has 2 heterocycles.